The Morgan fingerprint density at radius 2 is 2.00 bits per heavy atom. The molecule has 0 atom stereocenters. The van der Waals surface area contributed by atoms with Crippen molar-refractivity contribution in [1.82, 2.24) is 10.7 Å². The van der Waals surface area contributed by atoms with Crippen LogP contribution < -0.4 is 15.5 Å². The van der Waals surface area contributed by atoms with Crippen LogP contribution in [0, 0.1) is 6.92 Å². The Hall–Kier alpha value is -3.35. The fraction of sp³-hybridized carbons (Fsp3) is 0.167. The Balaban J connectivity index is 1.86. The van der Waals surface area contributed by atoms with Gasteiger partial charge < -0.3 is 15.2 Å². The number of carbonyl (C=O) groups is 2. The van der Waals surface area contributed by atoms with Crippen LogP contribution in [0.1, 0.15) is 21.5 Å². The molecule has 0 radical (unpaired) electrons. The maximum absolute atomic E-state index is 11.9. The molecule has 0 aromatic heterocycles. The maximum Gasteiger partial charge on any atom is 0.259 e. The molecule has 0 spiro atoms. The Morgan fingerprint density at radius 3 is 2.72 bits per heavy atom. The molecule has 2 aromatic carbocycles. The van der Waals surface area contributed by atoms with E-state index in [2.05, 4.69) is 15.8 Å². The van der Waals surface area contributed by atoms with Crippen molar-refractivity contribution < 1.29 is 19.4 Å². The quantitative estimate of drug-likeness (QED) is 0.549. The highest BCUT2D eigenvalue weighted by Gasteiger charge is 2.08. The minimum absolute atomic E-state index is 0.0734. The zero-order valence-corrected chi connectivity index (χ0v) is 13.9. The number of hydrazone groups is 1. The molecule has 0 aliphatic heterocycles. The predicted molar refractivity (Wildman–Crippen MR) is 93.9 cm³/mol. The lowest BCUT2D eigenvalue weighted by Gasteiger charge is -2.06. The van der Waals surface area contributed by atoms with Crippen molar-refractivity contribution in [3.05, 3.63) is 59.2 Å². The van der Waals surface area contributed by atoms with Crippen molar-refractivity contribution in [3.8, 4) is 11.5 Å². The summed E-state index contributed by atoms with van der Waals surface area (Å²) in [6.07, 6.45) is 1.29. The van der Waals surface area contributed by atoms with Gasteiger partial charge >= 0.3 is 0 Å². The molecule has 0 aliphatic carbocycles. The van der Waals surface area contributed by atoms with Gasteiger partial charge in [0.25, 0.3) is 11.8 Å². The molecule has 0 saturated carbocycles. The van der Waals surface area contributed by atoms with Gasteiger partial charge in [-0.05, 0) is 31.2 Å². The fourth-order valence-electron chi connectivity index (χ4n) is 2.07. The molecule has 7 heteroatoms. The van der Waals surface area contributed by atoms with E-state index in [0.29, 0.717) is 16.9 Å². The van der Waals surface area contributed by atoms with Gasteiger partial charge in [-0.1, -0.05) is 23.8 Å². The molecular formula is C18H19N3O4. The van der Waals surface area contributed by atoms with E-state index in [1.165, 1.54) is 13.3 Å². The first-order chi connectivity index (χ1) is 12.0. The van der Waals surface area contributed by atoms with E-state index in [9.17, 15) is 14.7 Å². The van der Waals surface area contributed by atoms with Gasteiger partial charge in [0, 0.05) is 11.1 Å². The molecular weight excluding hydrogens is 322 g/mol. The second kappa shape index (κ2) is 8.49. The van der Waals surface area contributed by atoms with Crippen molar-refractivity contribution in [1.29, 1.82) is 0 Å². The third kappa shape index (κ3) is 5.07. The molecule has 2 amide bonds. The van der Waals surface area contributed by atoms with Gasteiger partial charge in [-0.25, -0.2) is 5.43 Å². The average molecular weight is 341 g/mol. The largest absolute Gasteiger partial charge is 0.504 e. The number of hydrogen-bond acceptors (Lipinski definition) is 5. The van der Waals surface area contributed by atoms with Crippen molar-refractivity contribution in [2.45, 2.75) is 6.92 Å². The number of hydrogen-bond donors (Lipinski definition) is 3. The van der Waals surface area contributed by atoms with Crippen LogP contribution in [0.2, 0.25) is 0 Å². The Morgan fingerprint density at radius 1 is 1.24 bits per heavy atom. The standard InChI is InChI=1S/C18H19N3O4/c1-12-5-3-6-13(9-12)18(24)19-11-16(22)21-20-10-14-7-4-8-15(25-2)17(14)23/h3-10,23H,11H2,1-2H3,(H,19,24)(H,21,22). The first-order valence-electron chi connectivity index (χ1n) is 7.54. The molecule has 0 unspecified atom stereocenters. The maximum atomic E-state index is 11.9. The summed E-state index contributed by atoms with van der Waals surface area (Å²) >= 11 is 0. The van der Waals surface area contributed by atoms with Gasteiger partial charge in [0.1, 0.15) is 0 Å². The molecule has 2 rings (SSSR count). The fourth-order valence-corrected chi connectivity index (χ4v) is 2.07. The van der Waals surface area contributed by atoms with E-state index in [1.54, 1.807) is 36.4 Å². The van der Waals surface area contributed by atoms with Crippen LogP contribution in [0.4, 0.5) is 0 Å². The third-order valence-electron chi connectivity index (χ3n) is 3.33. The molecule has 0 fully saturated rings. The number of phenolic OH excluding ortho intramolecular Hbond substituents is 1. The number of nitrogens with one attached hydrogen (secondary N) is 2. The summed E-state index contributed by atoms with van der Waals surface area (Å²) in [5.41, 5.74) is 4.11. The summed E-state index contributed by atoms with van der Waals surface area (Å²) < 4.78 is 4.98. The molecule has 0 aliphatic rings. The molecule has 0 heterocycles. The number of nitrogens with zero attached hydrogens (tertiary/aromatic N) is 1. The molecule has 0 saturated heterocycles. The summed E-state index contributed by atoms with van der Waals surface area (Å²) in [4.78, 5) is 23.7. The number of carbonyl (C=O) groups excluding carboxylic acids is 2. The summed E-state index contributed by atoms with van der Waals surface area (Å²) in [5.74, 6) is -0.593. The highest BCUT2D eigenvalue weighted by molar-refractivity contribution is 5.96. The van der Waals surface area contributed by atoms with E-state index in [0.717, 1.165) is 5.56 Å². The van der Waals surface area contributed by atoms with Gasteiger partial charge in [-0.2, -0.15) is 5.10 Å². The number of methoxy groups -OCH3 is 1. The van der Waals surface area contributed by atoms with Crippen LogP contribution in [0.3, 0.4) is 0 Å². The third-order valence-corrected chi connectivity index (χ3v) is 3.33. The molecule has 2 aromatic rings. The molecule has 0 bridgehead atoms. The van der Waals surface area contributed by atoms with Gasteiger partial charge in [0.05, 0.1) is 19.9 Å². The van der Waals surface area contributed by atoms with E-state index in [-0.39, 0.29) is 18.2 Å². The van der Waals surface area contributed by atoms with Crippen LogP contribution in [0.25, 0.3) is 0 Å². The van der Waals surface area contributed by atoms with Crippen molar-refractivity contribution >= 4 is 18.0 Å². The summed E-state index contributed by atoms with van der Waals surface area (Å²) in [5, 5.41) is 16.2. The Bertz CT molecular complexity index is 803. The highest BCUT2D eigenvalue weighted by atomic mass is 16.5. The lowest BCUT2D eigenvalue weighted by Crippen LogP contribution is -2.34. The van der Waals surface area contributed by atoms with E-state index in [1.807, 2.05) is 13.0 Å². The second-order valence-corrected chi connectivity index (χ2v) is 5.24. The van der Waals surface area contributed by atoms with Crippen LogP contribution >= 0.6 is 0 Å². The summed E-state index contributed by atoms with van der Waals surface area (Å²) in [7, 11) is 1.44. The second-order valence-electron chi connectivity index (χ2n) is 5.24. The summed E-state index contributed by atoms with van der Waals surface area (Å²) in [6.45, 7) is 1.67. The van der Waals surface area contributed by atoms with Gasteiger partial charge in [0.15, 0.2) is 11.5 Å². The Kier molecular flexibility index (Phi) is 6.11. The number of rotatable bonds is 6. The van der Waals surface area contributed by atoms with E-state index < -0.39 is 5.91 Å². The number of phenols is 1. The average Bonchev–Trinajstić information content (AvgIpc) is 2.61. The normalized spacial score (nSPS) is 10.5. The first-order valence-corrected chi connectivity index (χ1v) is 7.54. The number of aryl methyl sites for hydroxylation is 1. The van der Waals surface area contributed by atoms with Crippen molar-refractivity contribution in [3.63, 3.8) is 0 Å². The molecule has 3 N–H and O–H groups in total. The van der Waals surface area contributed by atoms with E-state index in [4.69, 9.17) is 4.74 Å². The van der Waals surface area contributed by atoms with Crippen LogP contribution in [-0.2, 0) is 4.79 Å². The monoisotopic (exact) mass is 341 g/mol. The molecule has 7 nitrogen and oxygen atoms in total. The zero-order valence-electron chi connectivity index (χ0n) is 13.9. The van der Waals surface area contributed by atoms with Crippen molar-refractivity contribution in [2.24, 2.45) is 5.10 Å². The molecule has 25 heavy (non-hydrogen) atoms. The highest BCUT2D eigenvalue weighted by Crippen LogP contribution is 2.27. The molecule has 130 valence electrons. The van der Waals surface area contributed by atoms with Crippen LogP contribution in [0.5, 0.6) is 11.5 Å². The minimum Gasteiger partial charge on any atom is -0.504 e. The Labute approximate surface area is 145 Å². The first kappa shape index (κ1) is 18.0. The predicted octanol–water partition coefficient (Wildman–Crippen LogP) is 1.59. The lowest BCUT2D eigenvalue weighted by atomic mass is 10.1. The lowest BCUT2D eigenvalue weighted by molar-refractivity contribution is -0.120. The van der Waals surface area contributed by atoms with Gasteiger partial charge in [0.2, 0.25) is 0 Å². The summed E-state index contributed by atoms with van der Waals surface area (Å²) in [6, 6.07) is 12.0. The topological polar surface area (TPSA) is 100 Å². The number of para-hydroxylation sites is 1. The minimum atomic E-state index is -0.486. The van der Waals surface area contributed by atoms with E-state index >= 15 is 0 Å². The number of amides is 2. The number of ether oxygens (including phenoxy) is 1. The SMILES string of the molecule is COc1cccc(C=NNC(=O)CNC(=O)c2cccc(C)c2)c1O. The smallest absolute Gasteiger partial charge is 0.259 e. The van der Waals surface area contributed by atoms with Crippen LogP contribution in [0.15, 0.2) is 47.6 Å². The van der Waals surface area contributed by atoms with Gasteiger partial charge in [-0.15, -0.1) is 0 Å². The number of aromatic hydroxyl groups is 1. The zero-order chi connectivity index (χ0) is 18.2. The number of benzene rings is 2. The van der Waals surface area contributed by atoms with Crippen LogP contribution in [-0.4, -0.2) is 36.8 Å². The van der Waals surface area contributed by atoms with Gasteiger partial charge in [-0.3, -0.25) is 9.59 Å². The van der Waals surface area contributed by atoms with Crippen molar-refractivity contribution in [2.75, 3.05) is 13.7 Å².